The van der Waals surface area contributed by atoms with Crippen molar-refractivity contribution in [2.24, 2.45) is 0 Å². The van der Waals surface area contributed by atoms with Crippen molar-refractivity contribution in [3.63, 3.8) is 0 Å². The molecule has 0 radical (unpaired) electrons. The summed E-state index contributed by atoms with van der Waals surface area (Å²) in [5.74, 6) is -10.8. The van der Waals surface area contributed by atoms with Crippen molar-refractivity contribution in [1.82, 2.24) is 0 Å². The predicted octanol–water partition coefficient (Wildman–Crippen LogP) is 7.33. The molecule has 4 aromatic carbocycles. The Morgan fingerprint density at radius 2 is 0.628 bits per heavy atom. The van der Waals surface area contributed by atoms with Crippen LogP contribution in [0.15, 0.2) is 72.8 Å². The molecule has 0 aliphatic rings. The van der Waals surface area contributed by atoms with Gasteiger partial charge in [-0.1, -0.05) is 52.7 Å². The standard InChI is InChI=1S/C20H25N3O16S2.C20H27NO10S2.C19H24N4O16S2.C19H26N2O10S2/c1-3-15(38-22(29)30)10-14(24)8-13-4-5-18(17(9-13)20(26)35-6-7-40-41(2,33)34)37-19(25)11-16(39-23(31)32)12-36-21(27)28;1-3-4-6-16(22)13-15-8-9-18(31-19(23)7-5-10-30-21(25)26)17(14-15)20(24)29-11-12-32-33(2,27)28;1-3-13(38-22(29)30)9-17(24)20-12-4-5-15(19(26)35-6-7-40-41(2,33)34)16(8-12)37-18(25)10-14(39-23(31)32)11-36-21(27)28;1-3-4-6-17(22)20-14-8-9-15(19(24)29-11-12-32-33(2,27)28)16(13-14)31-18(23)7-5-10-30-21(25)26/h4-5,9,15-16H,3,6-8,10-12H2,1-2H3;8-9,14H,3-7,10-13H2,1-2H3;4-5,8,13-14H,3,6-7,9-11H2,1-2H3,(H,20,24);8-9,13H,3-7,10-12H2,1-2H3,(H,20,22). The number of rotatable bonds is 70. The van der Waals surface area contributed by atoms with E-state index in [2.05, 4.69) is 49.3 Å². The fourth-order valence-corrected chi connectivity index (χ4v) is 17.0. The minimum absolute atomic E-state index is 0.00347. The Hall–Kier alpha value is -14.3. The molecule has 4 rings (SSSR count). The zero-order valence-corrected chi connectivity index (χ0v) is 86.1. The number of esters is 8. The molecule has 0 spiro atoms. The lowest BCUT2D eigenvalue weighted by Gasteiger charge is -2.16. The van der Waals surface area contributed by atoms with Crippen LogP contribution in [-0.4, -0.2) is 271 Å². The first-order valence-corrected chi connectivity index (χ1v) is 56.2. The van der Waals surface area contributed by atoms with E-state index in [1.165, 1.54) is 42.5 Å². The minimum Gasteiger partial charge on any atom is -0.461 e. The highest BCUT2D eigenvalue weighted by Gasteiger charge is 2.30. The maximum absolute atomic E-state index is 12.7. The molecule has 0 aromatic heterocycles. The Morgan fingerprint density at radius 1 is 0.318 bits per heavy atom. The predicted molar refractivity (Wildman–Crippen MR) is 509 cm³/mol. The Morgan fingerprint density at radius 3 is 0.966 bits per heavy atom. The van der Waals surface area contributed by atoms with Gasteiger partial charge in [0.2, 0.25) is 11.8 Å². The van der Waals surface area contributed by atoms with Crippen molar-refractivity contribution in [2.75, 3.05) is 112 Å². The van der Waals surface area contributed by atoms with E-state index in [0.717, 1.165) is 68.6 Å². The van der Waals surface area contributed by atoms with Gasteiger partial charge in [0.05, 0.1) is 32.5 Å². The lowest BCUT2D eigenvalue weighted by molar-refractivity contribution is -0.789. The average Bonchev–Trinajstić information content (AvgIpc) is 0.842. The van der Waals surface area contributed by atoms with Crippen LogP contribution in [0.2, 0.25) is 0 Å². The number of anilines is 2. The van der Waals surface area contributed by atoms with E-state index in [-0.39, 0.29) is 166 Å². The van der Waals surface area contributed by atoms with Crippen LogP contribution < -0.4 is 29.6 Å². The van der Waals surface area contributed by atoms with Crippen LogP contribution in [0, 0.1) is 80.9 Å². The Bertz CT molecular complexity index is 5750. The number of nitrogens with zero attached hydrogens (tertiary/aromatic N) is 8. The van der Waals surface area contributed by atoms with E-state index >= 15 is 0 Å². The van der Waals surface area contributed by atoms with Gasteiger partial charge < -0.3 is 87.2 Å². The number of nitrogens with one attached hydrogen (secondary N) is 2. The first-order chi connectivity index (χ1) is 69.2. The van der Waals surface area contributed by atoms with Crippen LogP contribution >= 0.6 is 43.2 Å². The third-order valence-electron chi connectivity index (χ3n) is 16.9. The molecule has 0 bridgehead atoms. The monoisotopic (exact) mass is 2270 g/mol. The average molecular weight is 2270 g/mol. The topological polar surface area (TPSA) is 858 Å². The molecule has 62 nitrogen and oxygen atoms in total. The second-order valence-electron chi connectivity index (χ2n) is 29.2. The zero-order valence-electron chi connectivity index (χ0n) is 79.5. The van der Waals surface area contributed by atoms with E-state index in [1.54, 1.807) is 19.9 Å². The summed E-state index contributed by atoms with van der Waals surface area (Å²) in [6.45, 7) is 3.30. The number of carbonyl (C=O) groups is 12. The Balaban J connectivity index is 0.000000992. The number of hydrogen-bond acceptors (Lipinski definition) is 56. The Labute approximate surface area is 854 Å². The number of ketones is 2. The van der Waals surface area contributed by atoms with Gasteiger partial charge in [-0.25, -0.2) is 52.8 Å². The second kappa shape index (κ2) is 69.7. The fourth-order valence-electron chi connectivity index (χ4n) is 10.7. The number of amides is 2. The van der Waals surface area contributed by atoms with Gasteiger partial charge in [-0.05, 0) is 141 Å². The minimum atomic E-state index is -3.43. The van der Waals surface area contributed by atoms with Gasteiger partial charge in [-0.2, -0.15) is 0 Å². The molecule has 2 N–H and O–H groups in total. The molecule has 4 atom stereocenters. The van der Waals surface area contributed by atoms with Crippen LogP contribution in [0.5, 0.6) is 23.0 Å². The van der Waals surface area contributed by atoms with Gasteiger partial charge in [-0.3, -0.25) is 38.4 Å². The summed E-state index contributed by atoms with van der Waals surface area (Å²) in [5, 5.41) is 79.3. The molecule has 0 fully saturated rings. The molecular weight excluding hydrogens is 2170 g/mol. The second-order valence-corrected chi connectivity index (χ2v) is 47.5. The van der Waals surface area contributed by atoms with Crippen LogP contribution in [-0.2, 0) is 144 Å². The van der Waals surface area contributed by atoms with Gasteiger partial charge >= 0.3 is 47.8 Å². The van der Waals surface area contributed by atoms with Crippen LogP contribution in [0.25, 0.3) is 0 Å². The number of Topliss-reactive ketones (excluding diaryl/α,β-unsaturated/α-hetero) is 2. The largest absolute Gasteiger partial charge is 0.461 e. The molecule has 0 saturated carbocycles. The summed E-state index contributed by atoms with van der Waals surface area (Å²) in [6.07, 6.45) is -0.708. The summed E-state index contributed by atoms with van der Waals surface area (Å²) in [5.41, 5.74) is -0.0137. The summed E-state index contributed by atoms with van der Waals surface area (Å²) in [7, 11) is -11.2. The quantitative estimate of drug-likeness (QED) is 0.00830. The number of unbranched alkanes of at least 4 members (excludes halogenated alkanes) is 2. The van der Waals surface area contributed by atoms with Crippen molar-refractivity contribution in [3.05, 3.63) is 187 Å². The van der Waals surface area contributed by atoms with Crippen molar-refractivity contribution >= 4 is 161 Å². The highest BCUT2D eigenvalue weighted by molar-refractivity contribution is 8.72. The molecular formula is C78H102N10O52S8. The SMILES string of the molecule is CCC(CC(=O)Cc1ccc(OC(=O)CC(CO[N+](=O)[O-])O[N+](=O)[O-])c(C(=O)OCCSS(C)(=O)=O)c1)O[N+](=O)[O-].CCC(CC(=O)Nc1ccc(C(=O)OCCSS(C)(=O)=O)c(OC(=O)CC(CO[N+](=O)[O-])O[N+](=O)[O-])c1)O[N+](=O)[O-].CCCCC(=O)Cc1ccc(OC(=O)CCCO[N+](=O)[O-])c(C(=O)OCCSS(C)(=O)=O)c1.CCCCC(=O)Nc1ccc(C(=O)OCCSS(C)(=O)=O)c(OC(=O)CCCO[N+](=O)[O-])c1. The first-order valence-electron chi connectivity index (χ1n) is 42.6. The molecule has 2 amide bonds. The van der Waals surface area contributed by atoms with E-state index in [4.69, 9.17) is 37.9 Å². The molecule has 148 heavy (non-hydrogen) atoms. The first kappa shape index (κ1) is 132. The van der Waals surface area contributed by atoms with Gasteiger partial charge in [0.15, 0.2) is 35.5 Å². The Kier molecular flexibility index (Phi) is 62.1. The smallest absolute Gasteiger partial charge is 0.341 e. The van der Waals surface area contributed by atoms with E-state index in [1.807, 2.05) is 13.8 Å². The number of benzene rings is 4. The molecule has 4 aromatic rings. The number of hydrogen-bond donors (Lipinski definition) is 2. The third-order valence-corrected chi connectivity index (χ3v) is 27.1. The van der Waals surface area contributed by atoms with Crippen LogP contribution in [0.3, 0.4) is 0 Å². The highest BCUT2D eigenvalue weighted by Crippen LogP contribution is 2.31. The van der Waals surface area contributed by atoms with Crippen LogP contribution in [0.1, 0.15) is 183 Å². The fraction of sp³-hybridized carbons (Fsp3) is 0.538. The van der Waals surface area contributed by atoms with Crippen LogP contribution in [0.4, 0.5) is 11.4 Å². The lowest BCUT2D eigenvalue weighted by Crippen LogP contribution is -2.29. The molecule has 70 heteroatoms. The molecule has 0 saturated heterocycles. The summed E-state index contributed by atoms with van der Waals surface area (Å²) < 4.78 is 130. The molecule has 0 heterocycles. The molecule has 0 aliphatic heterocycles. The number of ether oxygens (including phenoxy) is 8. The van der Waals surface area contributed by atoms with Crippen molar-refractivity contribution < 1.29 is 208 Å². The highest BCUT2D eigenvalue weighted by atomic mass is 33.2. The van der Waals surface area contributed by atoms with E-state index < -0.39 is 215 Å². The van der Waals surface area contributed by atoms with Crippen molar-refractivity contribution in [1.29, 1.82) is 0 Å². The lowest BCUT2D eigenvalue weighted by atomic mass is 10.0. The van der Waals surface area contributed by atoms with Crippen molar-refractivity contribution in [3.8, 4) is 23.0 Å². The normalized spacial score (nSPS) is 11.7. The van der Waals surface area contributed by atoms with Gasteiger partial charge in [0.25, 0.3) is 40.7 Å². The summed E-state index contributed by atoms with van der Waals surface area (Å²) in [4.78, 5) is 265. The summed E-state index contributed by atoms with van der Waals surface area (Å²) >= 11 is 0. The zero-order chi connectivity index (χ0) is 112. The third kappa shape index (κ3) is 65.3. The maximum atomic E-state index is 12.7. The molecule has 0 aliphatic carbocycles. The molecule has 4 unspecified atom stereocenters. The number of carbonyl (C=O) groups excluding carboxylic acids is 12. The van der Waals surface area contributed by atoms with E-state index in [9.17, 15) is 172 Å². The van der Waals surface area contributed by atoms with Crippen molar-refractivity contribution in [2.45, 2.75) is 168 Å². The van der Waals surface area contributed by atoms with E-state index in [0.29, 0.717) is 73.7 Å². The summed E-state index contributed by atoms with van der Waals surface area (Å²) in [6, 6.07) is 15.1. The van der Waals surface area contributed by atoms with Gasteiger partial charge in [0, 0.05) is 116 Å². The molecule has 824 valence electrons. The maximum Gasteiger partial charge on any atom is 0.341 e. The van der Waals surface area contributed by atoms with Gasteiger partial charge in [0.1, 0.15) is 121 Å². The van der Waals surface area contributed by atoms with Gasteiger partial charge in [-0.15, -0.1) is 80.9 Å².